The number of anilines is 1. The molecule has 2 amide bonds. The quantitative estimate of drug-likeness (QED) is 0.638. The van der Waals surface area contributed by atoms with Gasteiger partial charge in [0, 0.05) is 43.0 Å². The number of methoxy groups -OCH3 is 2. The Morgan fingerprint density at radius 3 is 2.38 bits per heavy atom. The van der Waals surface area contributed by atoms with Crippen molar-refractivity contribution in [3.8, 4) is 11.5 Å². The van der Waals surface area contributed by atoms with Crippen molar-refractivity contribution in [2.24, 2.45) is 0 Å². The molecule has 1 N–H and O–H groups in total. The Kier molecular flexibility index (Phi) is 7.83. The zero-order valence-corrected chi connectivity index (χ0v) is 18.4. The first kappa shape index (κ1) is 23.3. The van der Waals surface area contributed by atoms with Gasteiger partial charge in [0.15, 0.2) is 11.5 Å². The standard InChI is InChI=1S/C24H28FN3O4/c1-4-5-17-14-18(15-21(31-2)23(17)32-3)24(30)28-12-10-27(11-13-28)16-22(29)26-20-8-6-19(25)7-9-20/h4,6-9,14-15H,1,5,10-13,16H2,2-3H3,(H,26,29). The zero-order chi connectivity index (χ0) is 23.1. The van der Waals surface area contributed by atoms with Gasteiger partial charge in [-0.1, -0.05) is 6.08 Å². The Morgan fingerprint density at radius 1 is 1.09 bits per heavy atom. The van der Waals surface area contributed by atoms with Gasteiger partial charge in [-0.25, -0.2) is 4.39 Å². The third kappa shape index (κ3) is 5.64. The molecule has 170 valence electrons. The number of amides is 2. The van der Waals surface area contributed by atoms with E-state index in [1.54, 1.807) is 31.3 Å². The first-order valence-electron chi connectivity index (χ1n) is 10.4. The average Bonchev–Trinajstić information content (AvgIpc) is 2.80. The molecule has 7 nitrogen and oxygen atoms in total. The SMILES string of the molecule is C=CCc1cc(C(=O)N2CCN(CC(=O)Nc3ccc(F)cc3)CC2)cc(OC)c1OC. The topological polar surface area (TPSA) is 71.1 Å². The molecule has 0 bridgehead atoms. The fraction of sp³-hybridized carbons (Fsp3) is 0.333. The maximum Gasteiger partial charge on any atom is 0.254 e. The summed E-state index contributed by atoms with van der Waals surface area (Å²) >= 11 is 0. The smallest absolute Gasteiger partial charge is 0.254 e. The molecular weight excluding hydrogens is 413 g/mol. The lowest BCUT2D eigenvalue weighted by Gasteiger charge is -2.34. The van der Waals surface area contributed by atoms with E-state index < -0.39 is 0 Å². The minimum atomic E-state index is -0.352. The van der Waals surface area contributed by atoms with Gasteiger partial charge in [0.1, 0.15) is 5.82 Å². The second kappa shape index (κ2) is 10.8. The molecule has 0 spiro atoms. The number of nitrogens with zero attached hydrogens (tertiary/aromatic N) is 2. The Labute approximate surface area is 187 Å². The third-order valence-electron chi connectivity index (χ3n) is 5.32. The van der Waals surface area contributed by atoms with E-state index >= 15 is 0 Å². The maximum atomic E-state index is 13.1. The Hall–Kier alpha value is -3.39. The Bertz CT molecular complexity index is 970. The molecule has 2 aromatic rings. The van der Waals surface area contributed by atoms with E-state index in [1.807, 2.05) is 11.0 Å². The van der Waals surface area contributed by atoms with Crippen LogP contribution in [0.25, 0.3) is 0 Å². The van der Waals surface area contributed by atoms with Crippen LogP contribution in [0.2, 0.25) is 0 Å². The normalized spacial score (nSPS) is 14.0. The number of rotatable bonds is 8. The molecule has 0 saturated carbocycles. The predicted molar refractivity (Wildman–Crippen MR) is 121 cm³/mol. The van der Waals surface area contributed by atoms with Gasteiger partial charge in [0.25, 0.3) is 5.91 Å². The minimum Gasteiger partial charge on any atom is -0.493 e. The number of hydrogen-bond donors (Lipinski definition) is 1. The number of benzene rings is 2. The van der Waals surface area contributed by atoms with Crippen molar-refractivity contribution in [1.29, 1.82) is 0 Å². The summed E-state index contributed by atoms with van der Waals surface area (Å²) in [4.78, 5) is 29.1. The van der Waals surface area contributed by atoms with Crippen molar-refractivity contribution in [1.82, 2.24) is 9.80 Å². The van der Waals surface area contributed by atoms with E-state index in [-0.39, 0.29) is 24.2 Å². The van der Waals surface area contributed by atoms with Crippen molar-refractivity contribution in [3.05, 3.63) is 66.0 Å². The van der Waals surface area contributed by atoms with Crippen LogP contribution in [0.4, 0.5) is 10.1 Å². The summed E-state index contributed by atoms with van der Waals surface area (Å²) in [7, 11) is 3.11. The van der Waals surface area contributed by atoms with Crippen molar-refractivity contribution >= 4 is 17.5 Å². The summed E-state index contributed by atoms with van der Waals surface area (Å²) in [6.45, 7) is 6.15. The molecule has 1 aliphatic rings. The van der Waals surface area contributed by atoms with Crippen LogP contribution in [0.15, 0.2) is 49.1 Å². The van der Waals surface area contributed by atoms with E-state index in [2.05, 4.69) is 11.9 Å². The summed E-state index contributed by atoms with van der Waals surface area (Å²) in [5.74, 6) is 0.485. The van der Waals surface area contributed by atoms with Crippen LogP contribution in [0.1, 0.15) is 15.9 Å². The number of allylic oxidation sites excluding steroid dienone is 1. The highest BCUT2D eigenvalue weighted by Gasteiger charge is 2.25. The fourth-order valence-electron chi connectivity index (χ4n) is 3.70. The molecule has 2 aromatic carbocycles. The van der Waals surface area contributed by atoms with Crippen LogP contribution < -0.4 is 14.8 Å². The summed E-state index contributed by atoms with van der Waals surface area (Å²) in [6.07, 6.45) is 2.30. The zero-order valence-electron chi connectivity index (χ0n) is 18.4. The monoisotopic (exact) mass is 441 g/mol. The van der Waals surface area contributed by atoms with Gasteiger partial charge in [-0.3, -0.25) is 14.5 Å². The van der Waals surface area contributed by atoms with Crippen molar-refractivity contribution in [2.75, 3.05) is 52.3 Å². The van der Waals surface area contributed by atoms with Crippen LogP contribution in [0, 0.1) is 5.82 Å². The van der Waals surface area contributed by atoms with Crippen molar-refractivity contribution in [2.45, 2.75) is 6.42 Å². The van der Waals surface area contributed by atoms with Gasteiger partial charge in [-0.15, -0.1) is 6.58 Å². The molecular formula is C24H28FN3O4. The van der Waals surface area contributed by atoms with Crippen LogP contribution >= 0.6 is 0 Å². The van der Waals surface area contributed by atoms with E-state index in [9.17, 15) is 14.0 Å². The van der Waals surface area contributed by atoms with E-state index in [4.69, 9.17) is 9.47 Å². The highest BCUT2D eigenvalue weighted by atomic mass is 19.1. The lowest BCUT2D eigenvalue weighted by Crippen LogP contribution is -2.50. The van der Waals surface area contributed by atoms with Gasteiger partial charge < -0.3 is 19.7 Å². The fourth-order valence-corrected chi connectivity index (χ4v) is 3.70. The van der Waals surface area contributed by atoms with Crippen LogP contribution in [0.3, 0.4) is 0 Å². The van der Waals surface area contributed by atoms with E-state index in [1.165, 1.54) is 24.3 Å². The van der Waals surface area contributed by atoms with Crippen LogP contribution in [-0.2, 0) is 11.2 Å². The lowest BCUT2D eigenvalue weighted by atomic mass is 10.0. The van der Waals surface area contributed by atoms with Crippen molar-refractivity contribution < 1.29 is 23.5 Å². The molecule has 0 aromatic heterocycles. The first-order chi connectivity index (χ1) is 15.4. The molecule has 32 heavy (non-hydrogen) atoms. The van der Waals surface area contributed by atoms with Gasteiger partial charge in [0.2, 0.25) is 5.91 Å². The largest absolute Gasteiger partial charge is 0.493 e. The molecule has 1 heterocycles. The maximum absolute atomic E-state index is 13.1. The Balaban J connectivity index is 1.59. The molecule has 1 fully saturated rings. The number of carbonyl (C=O) groups excluding carboxylic acids is 2. The first-order valence-corrected chi connectivity index (χ1v) is 10.4. The van der Waals surface area contributed by atoms with E-state index in [0.29, 0.717) is 55.3 Å². The number of ether oxygens (including phenoxy) is 2. The van der Waals surface area contributed by atoms with Crippen molar-refractivity contribution in [3.63, 3.8) is 0 Å². The predicted octanol–water partition coefficient (Wildman–Crippen LogP) is 2.97. The molecule has 1 aliphatic heterocycles. The number of carbonyl (C=O) groups is 2. The molecule has 0 aliphatic carbocycles. The summed E-state index contributed by atoms with van der Waals surface area (Å²) in [5, 5.41) is 2.76. The summed E-state index contributed by atoms with van der Waals surface area (Å²) < 4.78 is 23.8. The highest BCUT2D eigenvalue weighted by molar-refractivity contribution is 5.95. The highest BCUT2D eigenvalue weighted by Crippen LogP contribution is 2.33. The lowest BCUT2D eigenvalue weighted by molar-refractivity contribution is -0.117. The van der Waals surface area contributed by atoms with Gasteiger partial charge in [0.05, 0.1) is 20.8 Å². The Morgan fingerprint density at radius 2 is 1.78 bits per heavy atom. The van der Waals surface area contributed by atoms with Gasteiger partial charge in [-0.05, 0) is 42.8 Å². The van der Waals surface area contributed by atoms with Crippen LogP contribution in [-0.4, -0.2) is 68.6 Å². The molecule has 0 unspecified atom stereocenters. The molecule has 3 rings (SSSR count). The van der Waals surface area contributed by atoms with Crippen LogP contribution in [0.5, 0.6) is 11.5 Å². The molecule has 0 radical (unpaired) electrons. The van der Waals surface area contributed by atoms with Gasteiger partial charge in [-0.2, -0.15) is 0 Å². The summed E-state index contributed by atoms with van der Waals surface area (Å²) in [6, 6.07) is 9.15. The third-order valence-corrected chi connectivity index (χ3v) is 5.32. The summed E-state index contributed by atoms with van der Waals surface area (Å²) in [5.41, 5.74) is 1.91. The van der Waals surface area contributed by atoms with Gasteiger partial charge >= 0.3 is 0 Å². The molecule has 8 heteroatoms. The molecule has 1 saturated heterocycles. The number of halogens is 1. The number of nitrogens with one attached hydrogen (secondary N) is 1. The number of hydrogen-bond acceptors (Lipinski definition) is 5. The van der Waals surface area contributed by atoms with E-state index in [0.717, 1.165) is 5.56 Å². The minimum absolute atomic E-state index is 0.0910. The second-order valence-electron chi connectivity index (χ2n) is 7.49. The average molecular weight is 442 g/mol. The molecule has 0 atom stereocenters. The second-order valence-corrected chi connectivity index (χ2v) is 7.49. The number of piperazine rings is 1.